The van der Waals surface area contributed by atoms with Crippen molar-refractivity contribution in [2.24, 2.45) is 11.3 Å². The Hall–Kier alpha value is -1.15. The standard InChI is InChI=1S/C16H23NO/c1-11(2)16(7-8-17-10-16)15(18)14-6-5-12(3)9-13(14)4/h5-6,9,11,17H,7-8,10H2,1-4H3. The lowest BCUT2D eigenvalue weighted by Gasteiger charge is -2.31. The Morgan fingerprint density at radius 3 is 2.56 bits per heavy atom. The highest BCUT2D eigenvalue weighted by atomic mass is 16.1. The van der Waals surface area contributed by atoms with E-state index >= 15 is 0 Å². The summed E-state index contributed by atoms with van der Waals surface area (Å²) in [7, 11) is 0. The first kappa shape index (κ1) is 13.3. The smallest absolute Gasteiger partial charge is 0.170 e. The van der Waals surface area contributed by atoms with Crippen LogP contribution in [0.3, 0.4) is 0 Å². The van der Waals surface area contributed by atoms with Gasteiger partial charge in [0.05, 0.1) is 0 Å². The molecule has 2 rings (SSSR count). The Balaban J connectivity index is 2.40. The summed E-state index contributed by atoms with van der Waals surface area (Å²) in [6.07, 6.45) is 0.955. The summed E-state index contributed by atoms with van der Waals surface area (Å²) >= 11 is 0. The maximum Gasteiger partial charge on any atom is 0.170 e. The van der Waals surface area contributed by atoms with Crippen molar-refractivity contribution in [3.05, 3.63) is 34.9 Å². The highest BCUT2D eigenvalue weighted by Crippen LogP contribution is 2.38. The van der Waals surface area contributed by atoms with E-state index in [9.17, 15) is 4.79 Å². The molecule has 1 aromatic rings. The molecule has 18 heavy (non-hydrogen) atoms. The van der Waals surface area contributed by atoms with Crippen LogP contribution in [0, 0.1) is 25.2 Å². The molecule has 1 heterocycles. The molecule has 0 aromatic heterocycles. The van der Waals surface area contributed by atoms with Gasteiger partial charge in [-0.3, -0.25) is 4.79 Å². The molecule has 0 spiro atoms. The summed E-state index contributed by atoms with van der Waals surface area (Å²) < 4.78 is 0. The fourth-order valence-electron chi connectivity index (χ4n) is 3.00. The monoisotopic (exact) mass is 245 g/mol. The van der Waals surface area contributed by atoms with Crippen LogP contribution in [0.1, 0.15) is 41.8 Å². The van der Waals surface area contributed by atoms with Gasteiger partial charge in [-0.1, -0.05) is 37.6 Å². The van der Waals surface area contributed by atoms with E-state index in [0.717, 1.165) is 30.6 Å². The lowest BCUT2D eigenvalue weighted by Crippen LogP contribution is -2.38. The molecule has 2 heteroatoms. The van der Waals surface area contributed by atoms with Crippen molar-refractivity contribution >= 4 is 5.78 Å². The predicted octanol–water partition coefficient (Wildman–Crippen LogP) is 3.12. The number of aryl methyl sites for hydroxylation is 2. The van der Waals surface area contributed by atoms with Crippen molar-refractivity contribution in [1.29, 1.82) is 0 Å². The van der Waals surface area contributed by atoms with Gasteiger partial charge in [-0.2, -0.15) is 0 Å². The molecule has 1 atom stereocenters. The Bertz CT molecular complexity index is 456. The van der Waals surface area contributed by atoms with Crippen molar-refractivity contribution in [2.45, 2.75) is 34.1 Å². The fourth-order valence-corrected chi connectivity index (χ4v) is 3.00. The highest BCUT2D eigenvalue weighted by Gasteiger charge is 2.44. The van der Waals surface area contributed by atoms with Crippen LogP contribution in [-0.2, 0) is 0 Å². The first-order chi connectivity index (χ1) is 8.47. The van der Waals surface area contributed by atoms with Crippen molar-refractivity contribution in [3.8, 4) is 0 Å². The minimum Gasteiger partial charge on any atom is -0.316 e. The molecule has 1 saturated heterocycles. The zero-order valence-corrected chi connectivity index (χ0v) is 11.8. The lowest BCUT2D eigenvalue weighted by atomic mass is 9.70. The second-order valence-electron chi connectivity index (χ2n) is 5.89. The van der Waals surface area contributed by atoms with E-state index in [0.29, 0.717) is 11.7 Å². The molecule has 2 nitrogen and oxygen atoms in total. The zero-order chi connectivity index (χ0) is 13.3. The number of rotatable bonds is 3. The Morgan fingerprint density at radius 2 is 2.06 bits per heavy atom. The topological polar surface area (TPSA) is 29.1 Å². The molecule has 0 amide bonds. The molecule has 1 aliphatic heterocycles. The molecule has 0 bridgehead atoms. The molecular formula is C16H23NO. The van der Waals surface area contributed by atoms with E-state index in [1.165, 1.54) is 5.56 Å². The summed E-state index contributed by atoms with van der Waals surface area (Å²) in [5.41, 5.74) is 3.01. The lowest BCUT2D eigenvalue weighted by molar-refractivity contribution is 0.0739. The van der Waals surface area contributed by atoms with Crippen LogP contribution in [0.2, 0.25) is 0 Å². The quantitative estimate of drug-likeness (QED) is 0.829. The SMILES string of the molecule is Cc1ccc(C(=O)C2(C(C)C)CCNC2)c(C)c1. The van der Waals surface area contributed by atoms with Crippen molar-refractivity contribution in [3.63, 3.8) is 0 Å². The third kappa shape index (κ3) is 2.10. The number of benzene rings is 1. The number of ketones is 1. The molecule has 98 valence electrons. The van der Waals surface area contributed by atoms with E-state index < -0.39 is 0 Å². The summed E-state index contributed by atoms with van der Waals surface area (Å²) in [6.45, 7) is 10.2. The van der Waals surface area contributed by atoms with E-state index in [2.05, 4.69) is 32.2 Å². The number of hydrogen-bond donors (Lipinski definition) is 1. The maximum atomic E-state index is 12.9. The second-order valence-corrected chi connectivity index (χ2v) is 5.89. The van der Waals surface area contributed by atoms with Gasteiger partial charge in [0.2, 0.25) is 0 Å². The first-order valence-corrected chi connectivity index (χ1v) is 6.80. The molecule has 0 radical (unpaired) electrons. The van der Waals surface area contributed by atoms with Gasteiger partial charge >= 0.3 is 0 Å². The Labute approximate surface area is 110 Å². The number of nitrogens with one attached hydrogen (secondary N) is 1. The molecule has 1 N–H and O–H groups in total. The van der Waals surface area contributed by atoms with Gasteiger partial charge in [-0.25, -0.2) is 0 Å². The normalized spacial score (nSPS) is 23.6. The summed E-state index contributed by atoms with van der Waals surface area (Å²) in [6, 6.07) is 6.13. The van der Waals surface area contributed by atoms with Crippen LogP contribution in [0.15, 0.2) is 18.2 Å². The Morgan fingerprint density at radius 1 is 1.33 bits per heavy atom. The molecule has 1 unspecified atom stereocenters. The molecular weight excluding hydrogens is 222 g/mol. The van der Waals surface area contributed by atoms with Crippen molar-refractivity contribution in [2.75, 3.05) is 13.1 Å². The number of Topliss-reactive ketones (excluding diaryl/α,β-unsaturated/α-hetero) is 1. The first-order valence-electron chi connectivity index (χ1n) is 6.80. The van der Waals surface area contributed by atoms with E-state index in [1.807, 2.05) is 19.1 Å². The second kappa shape index (κ2) is 4.85. The van der Waals surface area contributed by atoms with Gasteiger partial charge in [0, 0.05) is 17.5 Å². The van der Waals surface area contributed by atoms with Gasteiger partial charge in [0.1, 0.15) is 0 Å². The van der Waals surface area contributed by atoms with Crippen LogP contribution in [0.25, 0.3) is 0 Å². The van der Waals surface area contributed by atoms with Gasteiger partial charge < -0.3 is 5.32 Å². The maximum absolute atomic E-state index is 12.9. The van der Waals surface area contributed by atoms with Gasteiger partial charge in [-0.05, 0) is 38.3 Å². The van der Waals surface area contributed by atoms with E-state index in [-0.39, 0.29) is 5.41 Å². The third-order valence-corrected chi connectivity index (χ3v) is 4.37. The average Bonchev–Trinajstić information content (AvgIpc) is 2.78. The highest BCUT2D eigenvalue weighted by molar-refractivity contribution is 6.02. The van der Waals surface area contributed by atoms with Gasteiger partial charge in [0.15, 0.2) is 5.78 Å². The summed E-state index contributed by atoms with van der Waals surface area (Å²) in [5.74, 6) is 0.695. The minimum absolute atomic E-state index is 0.208. The Kier molecular flexibility index (Phi) is 3.58. The van der Waals surface area contributed by atoms with Gasteiger partial charge in [-0.15, -0.1) is 0 Å². The molecule has 1 aromatic carbocycles. The van der Waals surface area contributed by atoms with E-state index in [4.69, 9.17) is 0 Å². The van der Waals surface area contributed by atoms with Crippen molar-refractivity contribution < 1.29 is 4.79 Å². The zero-order valence-electron chi connectivity index (χ0n) is 11.8. The third-order valence-electron chi connectivity index (χ3n) is 4.37. The molecule has 1 fully saturated rings. The molecule has 0 saturated carbocycles. The minimum atomic E-state index is -0.208. The van der Waals surface area contributed by atoms with Crippen LogP contribution < -0.4 is 5.32 Å². The van der Waals surface area contributed by atoms with Crippen LogP contribution in [0.4, 0.5) is 0 Å². The molecule has 1 aliphatic rings. The van der Waals surface area contributed by atoms with Gasteiger partial charge in [0.25, 0.3) is 0 Å². The average molecular weight is 245 g/mol. The van der Waals surface area contributed by atoms with Crippen molar-refractivity contribution in [1.82, 2.24) is 5.32 Å². The summed E-state index contributed by atoms with van der Waals surface area (Å²) in [5, 5.41) is 3.36. The largest absolute Gasteiger partial charge is 0.316 e. The molecule has 0 aliphatic carbocycles. The number of hydrogen-bond acceptors (Lipinski definition) is 2. The fraction of sp³-hybridized carbons (Fsp3) is 0.562. The van der Waals surface area contributed by atoms with Crippen LogP contribution >= 0.6 is 0 Å². The predicted molar refractivity (Wildman–Crippen MR) is 75.0 cm³/mol. The van der Waals surface area contributed by atoms with Crippen LogP contribution in [0.5, 0.6) is 0 Å². The van der Waals surface area contributed by atoms with E-state index in [1.54, 1.807) is 0 Å². The van der Waals surface area contributed by atoms with Crippen LogP contribution in [-0.4, -0.2) is 18.9 Å². The summed E-state index contributed by atoms with van der Waals surface area (Å²) in [4.78, 5) is 12.9. The number of carbonyl (C=O) groups is 1. The number of carbonyl (C=O) groups excluding carboxylic acids is 1.